The summed E-state index contributed by atoms with van der Waals surface area (Å²) in [6, 6.07) is 87.9. The second kappa shape index (κ2) is 15.8. The van der Waals surface area contributed by atoms with Gasteiger partial charge in [0.25, 0.3) is 0 Å². The molecule has 0 atom stereocenters. The second-order valence-electron chi connectivity index (χ2n) is 21.8. The van der Waals surface area contributed by atoms with Gasteiger partial charge in [0.15, 0.2) is 0 Å². The minimum atomic E-state index is -0.436. The summed E-state index contributed by atoms with van der Waals surface area (Å²) in [6.45, 7) is 5.07. The van der Waals surface area contributed by atoms with E-state index in [1.807, 2.05) is 0 Å². The number of fused-ring (bicyclic) bond motifs is 13. The average Bonchev–Trinajstić information content (AvgIpc) is 3.92. The van der Waals surface area contributed by atoms with E-state index >= 15 is 0 Å². The lowest BCUT2D eigenvalue weighted by atomic mass is 9.41. The summed E-state index contributed by atoms with van der Waals surface area (Å²) in [6.07, 6.45) is 5.03. The summed E-state index contributed by atoms with van der Waals surface area (Å²) in [5, 5.41) is 5.05. The van der Waals surface area contributed by atoms with E-state index < -0.39 is 5.41 Å². The molecule has 10 aromatic carbocycles. The van der Waals surface area contributed by atoms with Gasteiger partial charge < -0.3 is 9.47 Å². The zero-order valence-corrected chi connectivity index (χ0v) is 41.0. The molecular weight excluding hydrogens is 869 g/mol. The maximum absolute atomic E-state index is 2.70. The van der Waals surface area contributed by atoms with Crippen molar-refractivity contribution in [1.82, 2.24) is 4.57 Å². The maximum atomic E-state index is 2.70. The molecule has 0 N–H and O–H groups in total. The highest BCUT2D eigenvalue weighted by molar-refractivity contribution is 6.09. The van der Waals surface area contributed by atoms with Crippen molar-refractivity contribution in [3.63, 3.8) is 0 Å². The van der Waals surface area contributed by atoms with Crippen LogP contribution in [-0.4, -0.2) is 4.57 Å². The Hall–Kier alpha value is -7.94. The number of hydrogen-bond acceptors (Lipinski definition) is 1. The summed E-state index contributed by atoms with van der Waals surface area (Å²) in [4.78, 5) is 2.57. The Morgan fingerprint density at radius 3 is 1.49 bits per heavy atom. The van der Waals surface area contributed by atoms with Crippen LogP contribution in [0.25, 0.3) is 60.5 Å². The van der Waals surface area contributed by atoms with Gasteiger partial charge in [-0.15, -0.1) is 0 Å². The van der Waals surface area contributed by atoms with E-state index in [4.69, 9.17) is 0 Å². The van der Waals surface area contributed by atoms with Crippen LogP contribution < -0.4 is 4.90 Å². The van der Waals surface area contributed by atoms with Crippen LogP contribution >= 0.6 is 0 Å². The first-order valence-electron chi connectivity index (χ1n) is 26.4. The van der Waals surface area contributed by atoms with Gasteiger partial charge in [-0.3, -0.25) is 0 Å². The van der Waals surface area contributed by atoms with E-state index in [0.717, 1.165) is 5.69 Å². The fourth-order valence-electron chi connectivity index (χ4n) is 15.5. The van der Waals surface area contributed by atoms with Gasteiger partial charge in [0, 0.05) is 38.6 Å². The highest BCUT2D eigenvalue weighted by Crippen LogP contribution is 2.69. The molecule has 4 aliphatic rings. The zero-order chi connectivity index (χ0) is 47.7. The molecule has 2 spiro atoms. The third kappa shape index (κ3) is 5.72. The summed E-state index contributed by atoms with van der Waals surface area (Å²) in [5.74, 6) is 2.50. The van der Waals surface area contributed by atoms with E-state index in [-0.39, 0.29) is 5.41 Å². The smallest absolute Gasteiger partial charge is 0.0719 e. The lowest BCUT2D eigenvalue weighted by Crippen LogP contribution is -2.56. The van der Waals surface area contributed by atoms with E-state index in [2.05, 4.69) is 254 Å². The summed E-state index contributed by atoms with van der Waals surface area (Å²) >= 11 is 0. The predicted octanol–water partition coefficient (Wildman–Crippen LogP) is 18.1. The van der Waals surface area contributed by atoms with Crippen molar-refractivity contribution in [2.45, 2.75) is 50.4 Å². The van der Waals surface area contributed by atoms with Crippen LogP contribution in [0.4, 0.5) is 17.1 Å². The molecule has 0 aliphatic heterocycles. The highest BCUT2D eigenvalue weighted by Gasteiger charge is 2.62. The summed E-state index contributed by atoms with van der Waals surface area (Å²) in [7, 11) is 0. The minimum Gasteiger partial charge on any atom is -0.310 e. The van der Waals surface area contributed by atoms with Crippen molar-refractivity contribution < 1.29 is 0 Å². The molecule has 11 aromatic rings. The molecule has 2 saturated carbocycles. The topological polar surface area (TPSA) is 8.17 Å². The molecule has 72 heavy (non-hydrogen) atoms. The first-order chi connectivity index (χ1) is 35.5. The van der Waals surface area contributed by atoms with Crippen LogP contribution in [0.15, 0.2) is 231 Å². The number of hydrogen-bond donors (Lipinski definition) is 0. The number of nitrogens with zero attached hydrogens (tertiary/aromatic N) is 2. The van der Waals surface area contributed by atoms with Crippen LogP contribution in [0.3, 0.4) is 0 Å². The molecule has 346 valence electrons. The van der Waals surface area contributed by atoms with Crippen molar-refractivity contribution in [2.75, 3.05) is 4.90 Å². The second-order valence-corrected chi connectivity index (χ2v) is 21.8. The van der Waals surface area contributed by atoms with E-state index in [0.29, 0.717) is 23.7 Å². The van der Waals surface area contributed by atoms with Crippen molar-refractivity contribution in [2.24, 2.45) is 23.7 Å². The Balaban J connectivity index is 0.929. The summed E-state index contributed by atoms with van der Waals surface area (Å²) < 4.78 is 2.40. The fourth-order valence-corrected chi connectivity index (χ4v) is 15.5. The highest BCUT2D eigenvalue weighted by atomic mass is 15.1. The molecule has 1 heterocycles. The van der Waals surface area contributed by atoms with Crippen molar-refractivity contribution >= 4 is 49.6 Å². The quantitative estimate of drug-likeness (QED) is 0.167. The third-order valence-corrected chi connectivity index (χ3v) is 18.0. The van der Waals surface area contributed by atoms with E-state index in [1.54, 1.807) is 11.1 Å². The van der Waals surface area contributed by atoms with Crippen LogP contribution in [0.5, 0.6) is 0 Å². The SMILES string of the molecule is C[C@H]1C[C@@H]2C[C@@H](C)C[C@H](C1)C21c2ccccc2C2(c3ccccc3-c3ccccc32)c2ccc(N(c3ccc(-c4ccc(-n5c6ccccc6c6ccccc65)cc4)cc3)c3cccc4ccccc34)cc21. The predicted molar refractivity (Wildman–Crippen MR) is 300 cm³/mol. The minimum absolute atomic E-state index is 0.113. The fraction of sp³-hybridized carbons (Fsp3) is 0.171. The van der Waals surface area contributed by atoms with Crippen LogP contribution in [0.2, 0.25) is 0 Å². The van der Waals surface area contributed by atoms with Gasteiger partial charge in [-0.2, -0.15) is 0 Å². The molecule has 4 aliphatic carbocycles. The maximum Gasteiger partial charge on any atom is 0.0719 e. The monoisotopic (exact) mass is 924 g/mol. The molecule has 2 fully saturated rings. The Morgan fingerprint density at radius 1 is 0.389 bits per heavy atom. The van der Waals surface area contributed by atoms with Crippen LogP contribution in [0, 0.1) is 23.7 Å². The lowest BCUT2D eigenvalue weighted by Gasteiger charge is -2.61. The van der Waals surface area contributed by atoms with Gasteiger partial charge in [-0.1, -0.05) is 190 Å². The molecule has 0 amide bonds. The van der Waals surface area contributed by atoms with Gasteiger partial charge in [-0.05, 0) is 165 Å². The molecule has 2 nitrogen and oxygen atoms in total. The first-order valence-corrected chi connectivity index (χ1v) is 26.4. The Bertz CT molecular complexity index is 3810. The number of para-hydroxylation sites is 2. The normalized spacial score (nSPS) is 21.1. The largest absolute Gasteiger partial charge is 0.310 e. The van der Waals surface area contributed by atoms with Crippen LogP contribution in [0.1, 0.15) is 72.9 Å². The molecule has 1 aromatic heterocycles. The number of anilines is 3. The zero-order valence-electron chi connectivity index (χ0n) is 41.0. The number of benzene rings is 10. The first kappa shape index (κ1) is 41.8. The van der Waals surface area contributed by atoms with Gasteiger partial charge in [0.1, 0.15) is 0 Å². The number of rotatable bonds is 5. The molecule has 15 rings (SSSR count). The third-order valence-electron chi connectivity index (χ3n) is 18.0. The Labute approximate surface area is 422 Å². The molecule has 0 radical (unpaired) electrons. The molecular formula is C70H56N2. The molecule has 0 unspecified atom stereocenters. The molecule has 0 saturated heterocycles. The average molecular weight is 925 g/mol. The van der Waals surface area contributed by atoms with E-state index in [1.165, 1.54) is 120 Å². The standard InChI is InChI=1S/C70H56N2/c1-45-40-50-42-46(2)43-51(41-45)69(50)62-25-11-12-26-63(62)70(60-23-9-5-19-56(60)57-20-6-10-24-61(57)70)64-39-38-54(44-65(64)69)71(66-29-15-17-49-16-3-4-18-55(49)66)52-34-30-47(31-35-52)48-32-36-53(37-33-48)72-67-27-13-7-21-58(67)59-22-8-14-28-68(59)72/h3-39,44-46,50-51H,40-43H2,1-2H3/t45-,46+,50+,51-,69?. The van der Waals surface area contributed by atoms with Gasteiger partial charge in [0.2, 0.25) is 0 Å². The van der Waals surface area contributed by atoms with Crippen LogP contribution in [-0.2, 0) is 10.8 Å². The van der Waals surface area contributed by atoms with Crippen molar-refractivity contribution in [1.29, 1.82) is 0 Å². The van der Waals surface area contributed by atoms with Crippen molar-refractivity contribution in [3.8, 4) is 27.9 Å². The number of aromatic nitrogens is 1. The van der Waals surface area contributed by atoms with E-state index in [9.17, 15) is 0 Å². The van der Waals surface area contributed by atoms with Gasteiger partial charge >= 0.3 is 0 Å². The van der Waals surface area contributed by atoms with Gasteiger partial charge in [0.05, 0.1) is 22.1 Å². The molecule has 2 heteroatoms. The van der Waals surface area contributed by atoms with Crippen molar-refractivity contribution in [3.05, 3.63) is 264 Å². The van der Waals surface area contributed by atoms with Gasteiger partial charge in [-0.25, -0.2) is 0 Å². The Morgan fingerprint density at radius 2 is 0.861 bits per heavy atom. The lowest BCUT2D eigenvalue weighted by molar-refractivity contribution is 0.0238. The molecule has 2 bridgehead atoms. The Kier molecular flexibility index (Phi) is 9.16. The summed E-state index contributed by atoms with van der Waals surface area (Å²) in [5.41, 5.74) is 20.7.